The summed E-state index contributed by atoms with van der Waals surface area (Å²) in [7, 11) is 0. The summed E-state index contributed by atoms with van der Waals surface area (Å²) in [4.78, 5) is 10.1. The minimum absolute atomic E-state index is 0.0412. The van der Waals surface area contributed by atoms with Crippen molar-refractivity contribution in [2.45, 2.75) is 12.5 Å². The summed E-state index contributed by atoms with van der Waals surface area (Å²) in [6.07, 6.45) is 1.92. The number of hydrogen-bond donors (Lipinski definition) is 2. The topological polar surface area (TPSA) is 75.4 Å². The summed E-state index contributed by atoms with van der Waals surface area (Å²) in [6, 6.07) is 6.24. The monoisotopic (exact) mass is 256 g/mol. The zero-order valence-electron chi connectivity index (χ0n) is 9.84. The second kappa shape index (κ2) is 5.88. The number of benzene rings is 1. The van der Waals surface area contributed by atoms with Crippen LogP contribution in [-0.2, 0) is 0 Å². The molecule has 1 aromatic carbocycles. The van der Waals surface area contributed by atoms with Gasteiger partial charge in [-0.3, -0.25) is 10.1 Å². The first kappa shape index (κ1) is 13.8. The van der Waals surface area contributed by atoms with Crippen molar-refractivity contribution in [2.24, 2.45) is 0 Å². The molecule has 1 unspecified atom stereocenters. The van der Waals surface area contributed by atoms with E-state index in [0.717, 1.165) is 0 Å². The zero-order chi connectivity index (χ0) is 12.9. The highest BCUT2D eigenvalue weighted by molar-refractivity contribution is 7.98. The van der Waals surface area contributed by atoms with Crippen LogP contribution in [0.5, 0.6) is 0 Å². The van der Waals surface area contributed by atoms with E-state index in [1.54, 1.807) is 30.8 Å². The molecule has 0 bridgehead atoms. The van der Waals surface area contributed by atoms with Crippen LogP contribution in [0.15, 0.2) is 24.3 Å². The van der Waals surface area contributed by atoms with Crippen LogP contribution in [0, 0.1) is 10.1 Å². The van der Waals surface area contributed by atoms with E-state index in [-0.39, 0.29) is 5.69 Å². The average Bonchev–Trinajstić information content (AvgIpc) is 2.27. The van der Waals surface area contributed by atoms with Gasteiger partial charge in [-0.25, -0.2) is 0 Å². The van der Waals surface area contributed by atoms with Crippen molar-refractivity contribution >= 4 is 23.1 Å². The fourth-order valence-electron chi connectivity index (χ4n) is 1.38. The summed E-state index contributed by atoms with van der Waals surface area (Å²) < 4.78 is 0. The SMILES string of the molecule is CSCC(C)(O)CNc1cccc([N+](=O)[O-])c1. The Morgan fingerprint density at radius 2 is 2.29 bits per heavy atom. The Bertz CT molecular complexity index is 396. The molecular weight excluding hydrogens is 240 g/mol. The maximum Gasteiger partial charge on any atom is 0.271 e. The van der Waals surface area contributed by atoms with Gasteiger partial charge >= 0.3 is 0 Å². The van der Waals surface area contributed by atoms with Crippen LogP contribution in [-0.4, -0.2) is 34.2 Å². The predicted octanol–water partition coefficient (Wildman–Crippen LogP) is 2.12. The molecule has 1 aromatic rings. The molecule has 0 saturated heterocycles. The Kier molecular flexibility index (Phi) is 4.77. The van der Waals surface area contributed by atoms with E-state index in [1.807, 2.05) is 6.26 Å². The minimum atomic E-state index is -0.829. The van der Waals surface area contributed by atoms with Crippen LogP contribution in [0.1, 0.15) is 6.92 Å². The first-order chi connectivity index (χ1) is 7.94. The molecule has 0 aliphatic carbocycles. The van der Waals surface area contributed by atoms with Gasteiger partial charge in [0.1, 0.15) is 0 Å². The van der Waals surface area contributed by atoms with E-state index >= 15 is 0 Å². The van der Waals surface area contributed by atoms with Gasteiger partial charge in [-0.05, 0) is 19.2 Å². The van der Waals surface area contributed by atoms with E-state index in [9.17, 15) is 15.2 Å². The minimum Gasteiger partial charge on any atom is -0.387 e. The number of anilines is 1. The molecule has 0 heterocycles. The van der Waals surface area contributed by atoms with Crippen molar-refractivity contribution in [3.63, 3.8) is 0 Å². The summed E-state index contributed by atoms with van der Waals surface area (Å²) in [6.45, 7) is 2.09. The molecule has 0 radical (unpaired) electrons. The second-order valence-corrected chi connectivity index (χ2v) is 4.96. The van der Waals surface area contributed by atoms with E-state index in [4.69, 9.17) is 0 Å². The highest BCUT2D eigenvalue weighted by Gasteiger charge is 2.19. The first-order valence-corrected chi connectivity index (χ1v) is 6.54. The van der Waals surface area contributed by atoms with Gasteiger partial charge in [0.2, 0.25) is 0 Å². The van der Waals surface area contributed by atoms with E-state index in [1.165, 1.54) is 12.1 Å². The second-order valence-electron chi connectivity index (χ2n) is 4.09. The molecule has 0 aliphatic rings. The number of thioether (sulfide) groups is 1. The summed E-state index contributed by atoms with van der Waals surface area (Å²) in [5, 5.41) is 23.5. The van der Waals surface area contributed by atoms with Crippen molar-refractivity contribution < 1.29 is 10.0 Å². The molecule has 6 heteroatoms. The number of nitrogens with zero attached hydrogens (tertiary/aromatic N) is 1. The highest BCUT2D eigenvalue weighted by atomic mass is 32.2. The largest absolute Gasteiger partial charge is 0.387 e. The number of non-ortho nitro benzene ring substituents is 1. The molecule has 0 amide bonds. The average molecular weight is 256 g/mol. The normalized spacial score (nSPS) is 14.1. The Labute approximate surface area is 104 Å². The molecule has 94 valence electrons. The van der Waals surface area contributed by atoms with Crippen LogP contribution in [0.4, 0.5) is 11.4 Å². The smallest absolute Gasteiger partial charge is 0.271 e. The van der Waals surface area contributed by atoms with Crippen molar-refractivity contribution in [3.8, 4) is 0 Å². The third kappa shape index (κ3) is 4.62. The molecule has 0 spiro atoms. The van der Waals surface area contributed by atoms with Gasteiger partial charge in [0.25, 0.3) is 5.69 Å². The molecule has 0 aromatic heterocycles. The van der Waals surface area contributed by atoms with Crippen LogP contribution >= 0.6 is 11.8 Å². The van der Waals surface area contributed by atoms with Gasteiger partial charge in [-0.2, -0.15) is 11.8 Å². The lowest BCUT2D eigenvalue weighted by Gasteiger charge is -2.23. The van der Waals surface area contributed by atoms with Crippen molar-refractivity contribution in [1.29, 1.82) is 0 Å². The van der Waals surface area contributed by atoms with Gasteiger partial charge < -0.3 is 10.4 Å². The van der Waals surface area contributed by atoms with Crippen molar-refractivity contribution in [3.05, 3.63) is 34.4 Å². The van der Waals surface area contributed by atoms with Crippen LogP contribution in [0.3, 0.4) is 0 Å². The third-order valence-electron chi connectivity index (χ3n) is 2.19. The van der Waals surface area contributed by atoms with Gasteiger partial charge in [0, 0.05) is 30.1 Å². The fourth-order valence-corrected chi connectivity index (χ4v) is 2.11. The number of rotatable bonds is 6. The Morgan fingerprint density at radius 1 is 1.59 bits per heavy atom. The van der Waals surface area contributed by atoms with Gasteiger partial charge in [0.05, 0.1) is 10.5 Å². The quantitative estimate of drug-likeness (QED) is 0.602. The molecule has 0 saturated carbocycles. The van der Waals surface area contributed by atoms with E-state index < -0.39 is 10.5 Å². The van der Waals surface area contributed by atoms with Crippen LogP contribution < -0.4 is 5.32 Å². The molecule has 17 heavy (non-hydrogen) atoms. The van der Waals surface area contributed by atoms with Crippen LogP contribution in [0.2, 0.25) is 0 Å². The highest BCUT2D eigenvalue weighted by Crippen LogP contribution is 2.18. The standard InChI is InChI=1S/C11H16N2O3S/c1-11(14,8-17-2)7-12-9-4-3-5-10(6-9)13(15)16/h3-6,12,14H,7-8H2,1-2H3. The number of aliphatic hydroxyl groups is 1. The lowest BCUT2D eigenvalue weighted by molar-refractivity contribution is -0.384. The van der Waals surface area contributed by atoms with Gasteiger partial charge in [-0.1, -0.05) is 6.07 Å². The molecule has 0 fully saturated rings. The molecule has 0 aliphatic heterocycles. The van der Waals surface area contributed by atoms with Crippen molar-refractivity contribution in [1.82, 2.24) is 0 Å². The van der Waals surface area contributed by atoms with Gasteiger partial charge in [0.15, 0.2) is 0 Å². The molecule has 2 N–H and O–H groups in total. The summed E-state index contributed by atoms with van der Waals surface area (Å²) in [5.74, 6) is 0.606. The fraction of sp³-hybridized carbons (Fsp3) is 0.455. The Hall–Kier alpha value is -1.27. The van der Waals surface area contributed by atoms with E-state index in [2.05, 4.69) is 5.32 Å². The zero-order valence-corrected chi connectivity index (χ0v) is 10.7. The maximum atomic E-state index is 10.6. The maximum absolute atomic E-state index is 10.6. The van der Waals surface area contributed by atoms with E-state index in [0.29, 0.717) is 18.0 Å². The molecule has 5 nitrogen and oxygen atoms in total. The predicted molar refractivity (Wildman–Crippen MR) is 70.6 cm³/mol. The van der Waals surface area contributed by atoms with Gasteiger partial charge in [-0.15, -0.1) is 0 Å². The summed E-state index contributed by atoms with van der Waals surface area (Å²) in [5.41, 5.74) is -0.149. The lowest BCUT2D eigenvalue weighted by atomic mass is 10.1. The number of nitrogens with one attached hydrogen (secondary N) is 1. The molecule has 1 atom stereocenters. The Morgan fingerprint density at radius 3 is 2.88 bits per heavy atom. The molecule has 1 rings (SSSR count). The number of hydrogen-bond acceptors (Lipinski definition) is 5. The third-order valence-corrected chi connectivity index (χ3v) is 3.10. The molecular formula is C11H16N2O3S. The Balaban J connectivity index is 2.63. The number of nitro benzene ring substituents is 1. The van der Waals surface area contributed by atoms with Crippen LogP contribution in [0.25, 0.3) is 0 Å². The summed E-state index contributed by atoms with van der Waals surface area (Å²) >= 11 is 1.55. The van der Waals surface area contributed by atoms with Crippen molar-refractivity contribution in [2.75, 3.05) is 23.9 Å². The lowest BCUT2D eigenvalue weighted by Crippen LogP contribution is -2.36. The number of nitro groups is 1. The first-order valence-electron chi connectivity index (χ1n) is 5.14.